The Hall–Kier alpha value is -1.63. The van der Waals surface area contributed by atoms with Crippen LogP contribution < -0.4 is 16.2 Å². The zero-order valence-electron chi connectivity index (χ0n) is 11.2. The fourth-order valence-corrected chi connectivity index (χ4v) is 2.84. The number of halogens is 1. The summed E-state index contributed by atoms with van der Waals surface area (Å²) in [6.45, 7) is 1.99. The minimum absolute atomic E-state index is 0.0410. The van der Waals surface area contributed by atoms with Gasteiger partial charge in [-0.2, -0.15) is 0 Å². The highest BCUT2D eigenvalue weighted by Gasteiger charge is 2.10. The fraction of sp³-hybridized carbons (Fsp3) is 0.143. The molecule has 1 amide bonds. The summed E-state index contributed by atoms with van der Waals surface area (Å²) < 4.78 is 0.568. The van der Waals surface area contributed by atoms with Gasteiger partial charge in [0.15, 0.2) is 5.11 Å². The van der Waals surface area contributed by atoms with Gasteiger partial charge in [0.1, 0.15) is 0 Å². The third-order valence-electron chi connectivity index (χ3n) is 2.73. The fourth-order valence-electron chi connectivity index (χ4n) is 1.67. The van der Waals surface area contributed by atoms with E-state index in [1.165, 1.54) is 11.3 Å². The molecule has 0 aliphatic rings. The van der Waals surface area contributed by atoms with Crippen molar-refractivity contribution in [3.63, 3.8) is 0 Å². The highest BCUT2D eigenvalue weighted by Crippen LogP contribution is 2.20. The SMILES string of the molecule is C[C@H](NC(=S)NNC(=O)c1ccc(Cl)s1)c1ccccc1. The Bertz CT molecular complexity index is 630. The number of benzene rings is 1. The standard InChI is InChI=1S/C14H14ClN3OS2/c1-9(10-5-3-2-4-6-10)16-14(20)18-17-13(19)11-7-8-12(15)21-11/h2-9H,1H3,(H,17,19)(H2,16,18,20)/t9-/m0/s1. The van der Waals surface area contributed by atoms with Gasteiger partial charge >= 0.3 is 0 Å². The molecule has 4 nitrogen and oxygen atoms in total. The van der Waals surface area contributed by atoms with Crippen LogP contribution in [-0.4, -0.2) is 11.0 Å². The number of rotatable bonds is 3. The van der Waals surface area contributed by atoms with Crippen LogP contribution in [0.5, 0.6) is 0 Å². The molecule has 2 aromatic rings. The van der Waals surface area contributed by atoms with Crippen molar-refractivity contribution in [2.24, 2.45) is 0 Å². The third-order valence-corrected chi connectivity index (χ3v) is 4.18. The number of nitrogens with one attached hydrogen (secondary N) is 3. The summed E-state index contributed by atoms with van der Waals surface area (Å²) in [5, 5.41) is 3.44. The molecule has 0 aliphatic carbocycles. The molecule has 1 aromatic heterocycles. The van der Waals surface area contributed by atoms with Crippen molar-refractivity contribution in [3.8, 4) is 0 Å². The Labute approximate surface area is 137 Å². The van der Waals surface area contributed by atoms with Crippen LogP contribution in [0.25, 0.3) is 0 Å². The van der Waals surface area contributed by atoms with Gasteiger partial charge in [0.25, 0.3) is 5.91 Å². The van der Waals surface area contributed by atoms with E-state index in [1.807, 2.05) is 37.3 Å². The Morgan fingerprint density at radius 2 is 1.90 bits per heavy atom. The van der Waals surface area contributed by atoms with Gasteiger partial charge in [-0.15, -0.1) is 11.3 Å². The highest BCUT2D eigenvalue weighted by atomic mass is 35.5. The second kappa shape index (κ2) is 7.40. The molecule has 0 saturated heterocycles. The summed E-state index contributed by atoms with van der Waals surface area (Å²) in [7, 11) is 0. The van der Waals surface area contributed by atoms with Crippen molar-refractivity contribution in [2.45, 2.75) is 13.0 Å². The molecule has 0 fully saturated rings. The Balaban J connectivity index is 1.81. The molecule has 7 heteroatoms. The second-order valence-electron chi connectivity index (χ2n) is 4.29. The monoisotopic (exact) mass is 339 g/mol. The van der Waals surface area contributed by atoms with Crippen LogP contribution in [0.1, 0.15) is 28.2 Å². The average molecular weight is 340 g/mol. The number of carbonyl (C=O) groups excluding carboxylic acids is 1. The van der Waals surface area contributed by atoms with Crippen LogP contribution in [0.15, 0.2) is 42.5 Å². The van der Waals surface area contributed by atoms with E-state index >= 15 is 0 Å². The van der Waals surface area contributed by atoms with E-state index in [1.54, 1.807) is 12.1 Å². The summed E-state index contributed by atoms with van der Waals surface area (Å²) >= 11 is 12.1. The lowest BCUT2D eigenvalue weighted by Crippen LogP contribution is -2.47. The normalized spacial score (nSPS) is 11.5. The first kappa shape index (κ1) is 15.8. The molecule has 1 atom stereocenters. The quantitative estimate of drug-likeness (QED) is 0.593. The number of hydrogen-bond acceptors (Lipinski definition) is 3. The highest BCUT2D eigenvalue weighted by molar-refractivity contribution is 7.80. The number of thiophene rings is 1. The molecule has 0 aliphatic heterocycles. The van der Waals surface area contributed by atoms with E-state index in [0.29, 0.717) is 14.3 Å². The summed E-state index contributed by atoms with van der Waals surface area (Å²) in [4.78, 5) is 12.3. The van der Waals surface area contributed by atoms with Crippen LogP contribution in [0.3, 0.4) is 0 Å². The first-order chi connectivity index (χ1) is 10.1. The minimum atomic E-state index is -0.275. The Kier molecular flexibility index (Phi) is 5.55. The van der Waals surface area contributed by atoms with Gasteiger partial charge in [0.2, 0.25) is 0 Å². The summed E-state index contributed by atoms with van der Waals surface area (Å²) in [6, 6.07) is 13.3. The number of carbonyl (C=O) groups is 1. The first-order valence-electron chi connectivity index (χ1n) is 6.23. The lowest BCUT2D eigenvalue weighted by molar-refractivity contribution is 0.0947. The zero-order chi connectivity index (χ0) is 15.2. The van der Waals surface area contributed by atoms with Crippen molar-refractivity contribution in [1.82, 2.24) is 16.2 Å². The number of hydrazine groups is 1. The van der Waals surface area contributed by atoms with Crippen molar-refractivity contribution in [3.05, 3.63) is 57.2 Å². The molecule has 21 heavy (non-hydrogen) atoms. The van der Waals surface area contributed by atoms with Gasteiger partial charge in [-0.25, -0.2) is 0 Å². The lowest BCUT2D eigenvalue weighted by atomic mass is 10.1. The molecule has 2 rings (SSSR count). The van der Waals surface area contributed by atoms with E-state index in [2.05, 4.69) is 16.2 Å². The predicted molar refractivity (Wildman–Crippen MR) is 90.5 cm³/mol. The van der Waals surface area contributed by atoms with Crippen LogP contribution >= 0.6 is 35.2 Å². The smallest absolute Gasteiger partial charge is 0.279 e. The maximum atomic E-state index is 11.8. The summed E-state index contributed by atoms with van der Waals surface area (Å²) in [5.41, 5.74) is 6.31. The lowest BCUT2D eigenvalue weighted by Gasteiger charge is -2.17. The van der Waals surface area contributed by atoms with E-state index in [-0.39, 0.29) is 11.9 Å². The molecule has 1 heterocycles. The van der Waals surface area contributed by atoms with Crippen molar-refractivity contribution < 1.29 is 4.79 Å². The van der Waals surface area contributed by atoms with E-state index < -0.39 is 0 Å². The van der Waals surface area contributed by atoms with E-state index in [9.17, 15) is 4.79 Å². The van der Waals surface area contributed by atoms with Crippen molar-refractivity contribution in [1.29, 1.82) is 0 Å². The molecule has 0 unspecified atom stereocenters. The van der Waals surface area contributed by atoms with Crippen LogP contribution in [0.4, 0.5) is 0 Å². The van der Waals surface area contributed by atoms with Gasteiger partial charge in [0.05, 0.1) is 15.3 Å². The average Bonchev–Trinajstić information content (AvgIpc) is 2.92. The van der Waals surface area contributed by atoms with Gasteiger partial charge < -0.3 is 5.32 Å². The molecule has 0 bridgehead atoms. The molecule has 0 radical (unpaired) electrons. The maximum absolute atomic E-state index is 11.8. The maximum Gasteiger partial charge on any atom is 0.279 e. The largest absolute Gasteiger partial charge is 0.355 e. The summed E-state index contributed by atoms with van der Waals surface area (Å²) in [5.74, 6) is -0.275. The van der Waals surface area contributed by atoms with Crippen molar-refractivity contribution >= 4 is 46.2 Å². The minimum Gasteiger partial charge on any atom is -0.355 e. The molecule has 0 spiro atoms. The van der Waals surface area contributed by atoms with Crippen LogP contribution in [0.2, 0.25) is 4.34 Å². The molecule has 1 aromatic carbocycles. The van der Waals surface area contributed by atoms with E-state index in [0.717, 1.165) is 5.56 Å². The Morgan fingerprint density at radius 3 is 2.52 bits per heavy atom. The zero-order valence-corrected chi connectivity index (χ0v) is 13.6. The first-order valence-corrected chi connectivity index (χ1v) is 7.83. The molecule has 0 saturated carbocycles. The van der Waals surface area contributed by atoms with Crippen LogP contribution in [-0.2, 0) is 0 Å². The number of amides is 1. The summed E-state index contributed by atoms with van der Waals surface area (Å²) in [6.07, 6.45) is 0. The van der Waals surface area contributed by atoms with E-state index in [4.69, 9.17) is 23.8 Å². The van der Waals surface area contributed by atoms with Gasteiger partial charge in [-0.3, -0.25) is 15.6 Å². The number of hydrogen-bond donors (Lipinski definition) is 3. The molecular weight excluding hydrogens is 326 g/mol. The van der Waals surface area contributed by atoms with Gasteiger partial charge in [-0.05, 0) is 36.8 Å². The van der Waals surface area contributed by atoms with Crippen LogP contribution in [0, 0.1) is 0 Å². The molecular formula is C14H14ClN3OS2. The molecule has 3 N–H and O–H groups in total. The van der Waals surface area contributed by atoms with Gasteiger partial charge in [-0.1, -0.05) is 41.9 Å². The Morgan fingerprint density at radius 1 is 1.19 bits per heavy atom. The predicted octanol–water partition coefficient (Wildman–Crippen LogP) is 3.27. The number of thiocarbonyl (C=S) groups is 1. The van der Waals surface area contributed by atoms with Gasteiger partial charge in [0, 0.05) is 0 Å². The third kappa shape index (κ3) is 4.70. The topological polar surface area (TPSA) is 53.2 Å². The molecule has 110 valence electrons. The second-order valence-corrected chi connectivity index (χ2v) is 6.41. The van der Waals surface area contributed by atoms with Crippen molar-refractivity contribution in [2.75, 3.05) is 0 Å².